The maximum absolute atomic E-state index is 5.17. The highest BCUT2D eigenvalue weighted by Crippen LogP contribution is 2.04. The van der Waals surface area contributed by atoms with E-state index in [4.69, 9.17) is 5.73 Å². The van der Waals surface area contributed by atoms with Crippen LogP contribution in [0.15, 0.2) is 0 Å². The van der Waals surface area contributed by atoms with Gasteiger partial charge in [0.1, 0.15) is 0 Å². The van der Waals surface area contributed by atoms with Crippen LogP contribution in [0.25, 0.3) is 0 Å². The molecular weight excluding hydrogens is 114 g/mol. The van der Waals surface area contributed by atoms with Gasteiger partial charge in [-0.15, -0.1) is 11.7 Å². The van der Waals surface area contributed by atoms with Crippen LogP contribution in [0.2, 0.25) is 0 Å². The van der Waals surface area contributed by atoms with Gasteiger partial charge in [0, 0.05) is 5.75 Å². The molecule has 0 heterocycles. The van der Waals surface area contributed by atoms with Gasteiger partial charge in [-0.3, -0.25) is 0 Å². The molecule has 6 heavy (non-hydrogen) atoms. The van der Waals surface area contributed by atoms with Gasteiger partial charge >= 0.3 is 0 Å². The summed E-state index contributed by atoms with van der Waals surface area (Å²) in [7, 11) is 1.54. The molecule has 3 heteroatoms. The average Bonchev–Trinajstić information content (AvgIpc) is 1.61. The highest BCUT2D eigenvalue weighted by molar-refractivity contribution is 8.68. The van der Waals surface area contributed by atoms with Gasteiger partial charge in [-0.1, -0.05) is 10.8 Å². The zero-order valence-electron chi connectivity index (χ0n) is 3.55. The van der Waals surface area contributed by atoms with Crippen molar-refractivity contribution < 1.29 is 0 Å². The minimum Gasteiger partial charge on any atom is -0.330 e. The molecule has 0 radical (unpaired) electrons. The van der Waals surface area contributed by atoms with Crippen molar-refractivity contribution >= 4 is 22.5 Å². The van der Waals surface area contributed by atoms with E-state index in [1.165, 1.54) is 0 Å². The van der Waals surface area contributed by atoms with Gasteiger partial charge < -0.3 is 5.73 Å². The Morgan fingerprint density at radius 1 is 1.67 bits per heavy atom. The summed E-state index contributed by atoms with van der Waals surface area (Å²) in [6.07, 6.45) is 1.08. The molecule has 0 aromatic rings. The lowest BCUT2D eigenvalue weighted by molar-refractivity contribution is 0.946. The largest absolute Gasteiger partial charge is 0.330 e. The number of hydrogen-bond donors (Lipinski definition) is 2. The van der Waals surface area contributed by atoms with Crippen molar-refractivity contribution in [3.8, 4) is 0 Å². The molecule has 0 saturated heterocycles. The van der Waals surface area contributed by atoms with Crippen LogP contribution in [0.5, 0.6) is 0 Å². The average molecular weight is 123 g/mol. The SMILES string of the molecule is NCCCSS. The van der Waals surface area contributed by atoms with Crippen LogP contribution in [-0.2, 0) is 0 Å². The fraction of sp³-hybridized carbons (Fsp3) is 1.00. The molecule has 2 N–H and O–H groups in total. The molecule has 0 aliphatic heterocycles. The molecule has 0 amide bonds. The van der Waals surface area contributed by atoms with Gasteiger partial charge in [0.25, 0.3) is 0 Å². The van der Waals surface area contributed by atoms with Gasteiger partial charge in [-0.05, 0) is 13.0 Å². The summed E-state index contributed by atoms with van der Waals surface area (Å²) in [5.41, 5.74) is 5.17. The van der Waals surface area contributed by atoms with Crippen molar-refractivity contribution in [3.05, 3.63) is 0 Å². The van der Waals surface area contributed by atoms with E-state index >= 15 is 0 Å². The van der Waals surface area contributed by atoms with Crippen molar-refractivity contribution in [2.24, 2.45) is 5.73 Å². The minimum atomic E-state index is 0.785. The maximum atomic E-state index is 5.17. The van der Waals surface area contributed by atoms with Crippen LogP contribution in [-0.4, -0.2) is 12.3 Å². The predicted octanol–water partition coefficient (Wildman–Crippen LogP) is 0.913. The summed E-state index contributed by atoms with van der Waals surface area (Å²) in [4.78, 5) is 0. The summed E-state index contributed by atoms with van der Waals surface area (Å²) < 4.78 is 0. The first-order valence-electron chi connectivity index (χ1n) is 1.88. The van der Waals surface area contributed by atoms with Crippen LogP contribution < -0.4 is 5.73 Å². The highest BCUT2D eigenvalue weighted by atomic mass is 33.1. The van der Waals surface area contributed by atoms with Crippen LogP contribution in [0.4, 0.5) is 0 Å². The van der Waals surface area contributed by atoms with Gasteiger partial charge in [-0.2, -0.15) is 0 Å². The highest BCUT2D eigenvalue weighted by Gasteiger charge is 1.76. The van der Waals surface area contributed by atoms with E-state index in [2.05, 4.69) is 11.7 Å². The molecule has 0 atom stereocenters. The van der Waals surface area contributed by atoms with Crippen molar-refractivity contribution in [1.82, 2.24) is 0 Å². The van der Waals surface area contributed by atoms with Crippen molar-refractivity contribution in [1.29, 1.82) is 0 Å². The second-order valence-corrected chi connectivity index (χ2v) is 2.42. The van der Waals surface area contributed by atoms with E-state index in [0.717, 1.165) is 18.7 Å². The standard InChI is InChI=1S/C3H9NS2/c4-2-1-3-6-5/h5H,1-4H2. The second kappa shape index (κ2) is 5.66. The fourth-order valence-corrected chi connectivity index (χ4v) is 0.831. The van der Waals surface area contributed by atoms with Crippen molar-refractivity contribution in [2.75, 3.05) is 12.3 Å². The maximum Gasteiger partial charge on any atom is 0.00465 e. The first-order valence-corrected chi connectivity index (χ1v) is 3.92. The third-order valence-electron chi connectivity index (χ3n) is 0.440. The number of thiol groups is 1. The lowest BCUT2D eigenvalue weighted by Crippen LogP contribution is -1.98. The normalized spacial score (nSPS) is 9.00. The van der Waals surface area contributed by atoms with E-state index in [-0.39, 0.29) is 0 Å². The summed E-state index contributed by atoms with van der Waals surface area (Å²) in [5.74, 6) is 1.07. The predicted molar refractivity (Wildman–Crippen MR) is 35.1 cm³/mol. The lowest BCUT2D eigenvalue weighted by atomic mass is 10.5. The summed E-state index contributed by atoms with van der Waals surface area (Å²) in [6, 6.07) is 0. The van der Waals surface area contributed by atoms with Gasteiger partial charge in [0.05, 0.1) is 0 Å². The summed E-state index contributed by atoms with van der Waals surface area (Å²) >= 11 is 3.92. The van der Waals surface area contributed by atoms with Crippen LogP contribution in [0, 0.1) is 0 Å². The van der Waals surface area contributed by atoms with Gasteiger partial charge in [0.15, 0.2) is 0 Å². The molecule has 0 aliphatic rings. The fourth-order valence-electron chi connectivity index (χ4n) is 0.148. The topological polar surface area (TPSA) is 26.0 Å². The van der Waals surface area contributed by atoms with E-state index in [0.29, 0.717) is 0 Å². The van der Waals surface area contributed by atoms with Crippen molar-refractivity contribution in [2.45, 2.75) is 6.42 Å². The number of hydrogen-bond acceptors (Lipinski definition) is 3. The monoisotopic (exact) mass is 123 g/mol. The quantitative estimate of drug-likeness (QED) is 0.331. The smallest absolute Gasteiger partial charge is 0.00465 e. The molecule has 0 spiro atoms. The first-order chi connectivity index (χ1) is 2.91. The number of nitrogens with two attached hydrogens (primary N) is 1. The third kappa shape index (κ3) is 4.66. The molecule has 0 bridgehead atoms. The van der Waals surface area contributed by atoms with E-state index < -0.39 is 0 Å². The third-order valence-corrected chi connectivity index (χ3v) is 1.46. The second-order valence-electron chi connectivity index (χ2n) is 0.975. The Bertz CT molecular complexity index is 20.8. The molecular formula is C3H9NS2. The Balaban J connectivity index is 2.34. The van der Waals surface area contributed by atoms with Crippen LogP contribution in [0.1, 0.15) is 6.42 Å². The summed E-state index contributed by atoms with van der Waals surface area (Å²) in [6.45, 7) is 0.785. The Labute approximate surface area is 47.5 Å². The molecule has 0 aromatic heterocycles. The van der Waals surface area contributed by atoms with E-state index in [1.54, 1.807) is 10.8 Å². The lowest BCUT2D eigenvalue weighted by Gasteiger charge is -1.85. The Hall–Kier alpha value is 0.660. The van der Waals surface area contributed by atoms with Crippen molar-refractivity contribution in [3.63, 3.8) is 0 Å². The van der Waals surface area contributed by atoms with Crippen LogP contribution in [0.3, 0.4) is 0 Å². The molecule has 0 aliphatic carbocycles. The van der Waals surface area contributed by atoms with Crippen LogP contribution >= 0.6 is 22.5 Å². The Kier molecular flexibility index (Phi) is 6.28. The molecule has 38 valence electrons. The van der Waals surface area contributed by atoms with Gasteiger partial charge in [0.2, 0.25) is 0 Å². The Morgan fingerprint density at radius 2 is 2.33 bits per heavy atom. The van der Waals surface area contributed by atoms with Gasteiger partial charge in [-0.25, -0.2) is 0 Å². The molecule has 0 aromatic carbocycles. The molecule has 0 unspecified atom stereocenters. The zero-order valence-corrected chi connectivity index (χ0v) is 5.27. The summed E-state index contributed by atoms with van der Waals surface area (Å²) in [5, 5.41) is 0. The first kappa shape index (κ1) is 6.66. The molecule has 0 fully saturated rings. The number of rotatable bonds is 3. The minimum absolute atomic E-state index is 0.785. The van der Waals surface area contributed by atoms with E-state index in [1.807, 2.05) is 0 Å². The zero-order chi connectivity index (χ0) is 4.83. The molecule has 0 saturated carbocycles. The Morgan fingerprint density at radius 3 is 2.50 bits per heavy atom. The molecule has 0 rings (SSSR count). The van der Waals surface area contributed by atoms with E-state index in [9.17, 15) is 0 Å². The molecule has 1 nitrogen and oxygen atoms in total.